The van der Waals surface area contributed by atoms with Gasteiger partial charge in [-0.2, -0.15) is 8.42 Å². The minimum absolute atomic E-state index is 0.129. The number of hydrogen-bond donors (Lipinski definition) is 1. The fraction of sp³-hybridized carbons (Fsp3) is 0. The van der Waals surface area contributed by atoms with Gasteiger partial charge in [0.15, 0.2) is 0 Å². The highest BCUT2D eigenvalue weighted by atomic mass is 32.2. The lowest BCUT2D eigenvalue weighted by atomic mass is 9.97. The second-order valence-corrected chi connectivity index (χ2v) is 10.9. The molecule has 5 aromatic carbocycles. The van der Waals surface area contributed by atoms with Crippen LogP contribution < -0.4 is 0 Å². The van der Waals surface area contributed by atoms with Crippen LogP contribution in [0.25, 0.3) is 44.5 Å². The maximum atomic E-state index is 11.2. The van der Waals surface area contributed by atoms with Crippen molar-refractivity contribution < 1.29 is 21.7 Å². The van der Waals surface area contributed by atoms with Crippen molar-refractivity contribution in [1.82, 2.24) is 0 Å². The monoisotopic (exact) mass is 525 g/mol. The molecule has 1 atom stereocenters. The molecular weight excluding hydrogens is 504 g/mol. The van der Waals surface area contributed by atoms with E-state index in [1.165, 1.54) is 12.1 Å². The molecule has 0 aliphatic heterocycles. The second-order valence-electron chi connectivity index (χ2n) is 8.49. The first-order chi connectivity index (χ1) is 17.8. The molecule has 0 amide bonds. The molecule has 0 saturated heterocycles. The largest absolute Gasteiger partial charge is 0.768 e. The lowest BCUT2D eigenvalue weighted by molar-refractivity contribution is 0.483. The van der Waals surface area contributed by atoms with Crippen LogP contribution in [0.1, 0.15) is 0 Å². The molecule has 5 aromatic rings. The van der Waals surface area contributed by atoms with E-state index < -0.39 is 21.2 Å². The van der Waals surface area contributed by atoms with Crippen molar-refractivity contribution >= 4 is 21.2 Å². The summed E-state index contributed by atoms with van der Waals surface area (Å²) < 4.78 is 53.7. The molecule has 1 unspecified atom stereocenters. The Balaban J connectivity index is 1.30. The van der Waals surface area contributed by atoms with Crippen molar-refractivity contribution in [2.75, 3.05) is 0 Å². The minimum Gasteiger partial charge on any atom is -0.768 e. The molecule has 0 fully saturated rings. The highest BCUT2D eigenvalue weighted by molar-refractivity contribution is 7.85. The van der Waals surface area contributed by atoms with E-state index in [9.17, 15) is 17.2 Å². The fourth-order valence-electron chi connectivity index (χ4n) is 4.14. The Morgan fingerprint density at radius 1 is 0.459 bits per heavy atom. The maximum Gasteiger partial charge on any atom is 0.294 e. The standard InChI is InChI=1S/C30H22O5S2/c31-36(32)29-17-13-27(14-18-29)25-9-5-23(6-10-25)21-1-3-22(4-2-21)24-7-11-26(12-8-24)28-15-19-30(20-16-28)37(33,34)35/h1-20H,(H,31,32)(H,33,34,35)/p-1. The highest BCUT2D eigenvalue weighted by Crippen LogP contribution is 2.29. The third-order valence-corrected chi connectivity index (χ3v) is 7.71. The molecular formula is C30H21O5S2-. The summed E-state index contributed by atoms with van der Waals surface area (Å²) in [6.45, 7) is 0. The van der Waals surface area contributed by atoms with Gasteiger partial charge in [0.2, 0.25) is 0 Å². The van der Waals surface area contributed by atoms with Gasteiger partial charge in [-0.05, 0) is 79.9 Å². The second kappa shape index (κ2) is 10.2. The Morgan fingerprint density at radius 3 is 0.892 bits per heavy atom. The van der Waals surface area contributed by atoms with Crippen molar-refractivity contribution in [2.45, 2.75) is 9.79 Å². The lowest BCUT2D eigenvalue weighted by Crippen LogP contribution is -1.97. The summed E-state index contributed by atoms with van der Waals surface area (Å²) in [5.41, 5.74) is 8.06. The predicted octanol–water partition coefficient (Wildman–Crippen LogP) is 6.84. The van der Waals surface area contributed by atoms with Gasteiger partial charge in [-0.15, -0.1) is 0 Å². The van der Waals surface area contributed by atoms with Gasteiger partial charge in [0.05, 0.1) is 4.90 Å². The Kier molecular flexibility index (Phi) is 6.86. The fourth-order valence-corrected chi connectivity index (χ4v) is 4.98. The smallest absolute Gasteiger partial charge is 0.294 e. The maximum absolute atomic E-state index is 11.2. The minimum atomic E-state index is -4.21. The average Bonchev–Trinajstić information content (AvgIpc) is 2.93. The molecule has 0 aromatic heterocycles. The average molecular weight is 526 g/mol. The Morgan fingerprint density at radius 2 is 0.676 bits per heavy atom. The van der Waals surface area contributed by atoms with E-state index in [1.54, 1.807) is 36.4 Å². The molecule has 5 rings (SSSR count). The first kappa shape index (κ1) is 24.8. The quantitative estimate of drug-likeness (QED) is 0.193. The summed E-state index contributed by atoms with van der Waals surface area (Å²) in [4.78, 5) is 0.139. The summed E-state index contributed by atoms with van der Waals surface area (Å²) in [5.74, 6) is 0. The van der Waals surface area contributed by atoms with Gasteiger partial charge < -0.3 is 4.55 Å². The zero-order chi connectivity index (χ0) is 26.0. The van der Waals surface area contributed by atoms with Crippen LogP contribution in [0.3, 0.4) is 0 Å². The van der Waals surface area contributed by atoms with E-state index in [0.29, 0.717) is 0 Å². The van der Waals surface area contributed by atoms with Crippen molar-refractivity contribution in [3.05, 3.63) is 121 Å². The Hall–Kier alpha value is -3.88. The van der Waals surface area contributed by atoms with Crippen LogP contribution in [0, 0.1) is 0 Å². The van der Waals surface area contributed by atoms with E-state index >= 15 is 0 Å². The van der Waals surface area contributed by atoms with Gasteiger partial charge in [-0.1, -0.05) is 97.1 Å². The van der Waals surface area contributed by atoms with Gasteiger partial charge in [0.25, 0.3) is 10.1 Å². The molecule has 0 aliphatic rings. The summed E-state index contributed by atoms with van der Waals surface area (Å²) in [6, 6.07) is 37.3. The Labute approximate surface area is 218 Å². The molecule has 0 bridgehead atoms. The van der Waals surface area contributed by atoms with Crippen molar-refractivity contribution in [2.24, 2.45) is 0 Å². The highest BCUT2D eigenvalue weighted by Gasteiger charge is 2.09. The molecule has 0 heterocycles. The van der Waals surface area contributed by atoms with Crippen LogP contribution in [-0.2, 0) is 21.2 Å². The zero-order valence-corrected chi connectivity index (χ0v) is 21.1. The van der Waals surface area contributed by atoms with Gasteiger partial charge >= 0.3 is 0 Å². The zero-order valence-electron chi connectivity index (χ0n) is 19.4. The third kappa shape index (κ3) is 5.60. The van der Waals surface area contributed by atoms with E-state index in [2.05, 4.69) is 24.3 Å². The molecule has 37 heavy (non-hydrogen) atoms. The van der Waals surface area contributed by atoms with E-state index in [0.717, 1.165) is 44.5 Å². The number of rotatable bonds is 6. The third-order valence-electron chi connectivity index (χ3n) is 6.19. The molecule has 7 heteroatoms. The van der Waals surface area contributed by atoms with Gasteiger partial charge in [-0.3, -0.25) is 8.76 Å². The summed E-state index contributed by atoms with van der Waals surface area (Å²) >= 11 is -2.23. The first-order valence-corrected chi connectivity index (χ1v) is 13.9. The van der Waals surface area contributed by atoms with E-state index in [-0.39, 0.29) is 9.79 Å². The number of hydrogen-bond acceptors (Lipinski definition) is 4. The topological polar surface area (TPSA) is 94.5 Å². The molecule has 0 saturated carbocycles. The van der Waals surface area contributed by atoms with Crippen molar-refractivity contribution in [3.63, 3.8) is 0 Å². The van der Waals surface area contributed by atoms with Gasteiger partial charge in [-0.25, -0.2) is 0 Å². The van der Waals surface area contributed by atoms with Crippen LogP contribution in [-0.4, -0.2) is 21.7 Å². The summed E-state index contributed by atoms with van der Waals surface area (Å²) in [7, 11) is -4.21. The molecule has 184 valence electrons. The number of benzene rings is 5. The predicted molar refractivity (Wildman–Crippen MR) is 145 cm³/mol. The van der Waals surface area contributed by atoms with Crippen LogP contribution >= 0.6 is 0 Å². The molecule has 0 spiro atoms. The van der Waals surface area contributed by atoms with Crippen LogP contribution in [0.5, 0.6) is 0 Å². The summed E-state index contributed by atoms with van der Waals surface area (Å²) in [6.07, 6.45) is 0. The van der Waals surface area contributed by atoms with Crippen molar-refractivity contribution in [1.29, 1.82) is 0 Å². The molecule has 0 radical (unpaired) electrons. The van der Waals surface area contributed by atoms with E-state index in [1.807, 2.05) is 48.5 Å². The van der Waals surface area contributed by atoms with E-state index in [4.69, 9.17) is 4.55 Å². The van der Waals surface area contributed by atoms with Crippen LogP contribution in [0.15, 0.2) is 131 Å². The van der Waals surface area contributed by atoms with Crippen molar-refractivity contribution in [3.8, 4) is 44.5 Å². The van der Waals surface area contributed by atoms with Crippen LogP contribution in [0.2, 0.25) is 0 Å². The molecule has 5 nitrogen and oxygen atoms in total. The van der Waals surface area contributed by atoms with Gasteiger partial charge in [0.1, 0.15) is 0 Å². The Bertz CT molecular complexity index is 1660. The molecule has 1 N–H and O–H groups in total. The lowest BCUT2D eigenvalue weighted by Gasteiger charge is -2.09. The first-order valence-electron chi connectivity index (χ1n) is 11.4. The van der Waals surface area contributed by atoms with Gasteiger partial charge in [0, 0.05) is 4.90 Å². The molecule has 0 aliphatic carbocycles. The summed E-state index contributed by atoms with van der Waals surface area (Å²) in [5, 5.41) is 0. The SMILES string of the molecule is O=S([O-])c1ccc(-c2ccc(-c3ccc(-c4ccc(-c5ccc(S(=O)(=O)O)cc5)cc4)cc3)cc2)cc1. The van der Waals surface area contributed by atoms with Crippen LogP contribution in [0.4, 0.5) is 0 Å². The normalized spacial score (nSPS) is 12.3.